The number of amides is 1. The molecular formula is C7H9N3O3. The molecule has 6 nitrogen and oxygen atoms in total. The van der Waals surface area contributed by atoms with Gasteiger partial charge in [0.2, 0.25) is 5.91 Å². The van der Waals surface area contributed by atoms with Crippen LogP contribution in [0.25, 0.3) is 0 Å². The molecule has 1 heterocycles. The Morgan fingerprint density at radius 2 is 2.15 bits per heavy atom. The van der Waals surface area contributed by atoms with Crippen molar-refractivity contribution in [2.45, 2.75) is 12.8 Å². The number of rotatable bonds is 3. The standard InChI is InChI=1S/C7H9N3O3/c8-5(11)2-1-4-3-9-7(13)10-6(4)12/h3H,1-2H2,(H2,8,11)(H2,9,10,12,13). The van der Waals surface area contributed by atoms with E-state index in [1.807, 2.05) is 4.98 Å². The summed E-state index contributed by atoms with van der Waals surface area (Å²) in [7, 11) is 0. The lowest BCUT2D eigenvalue weighted by molar-refractivity contribution is -0.117. The number of primary amides is 1. The first-order valence-electron chi connectivity index (χ1n) is 3.69. The van der Waals surface area contributed by atoms with Gasteiger partial charge in [-0.05, 0) is 6.42 Å². The summed E-state index contributed by atoms with van der Waals surface area (Å²) in [4.78, 5) is 36.3. The third kappa shape index (κ3) is 2.58. The summed E-state index contributed by atoms with van der Waals surface area (Å²) in [6, 6.07) is 0. The van der Waals surface area contributed by atoms with Crippen molar-refractivity contribution >= 4 is 5.91 Å². The highest BCUT2D eigenvalue weighted by Crippen LogP contribution is 1.90. The van der Waals surface area contributed by atoms with Gasteiger partial charge in [0, 0.05) is 18.2 Å². The Labute approximate surface area is 72.8 Å². The van der Waals surface area contributed by atoms with Crippen LogP contribution in [-0.2, 0) is 11.2 Å². The molecule has 1 aromatic heterocycles. The number of aromatic nitrogens is 2. The third-order valence-electron chi connectivity index (χ3n) is 1.54. The molecule has 0 saturated carbocycles. The van der Waals surface area contributed by atoms with Gasteiger partial charge in [-0.15, -0.1) is 0 Å². The van der Waals surface area contributed by atoms with Gasteiger partial charge in [-0.2, -0.15) is 0 Å². The summed E-state index contributed by atoms with van der Waals surface area (Å²) in [5.74, 6) is -0.481. The monoisotopic (exact) mass is 183 g/mol. The number of nitrogens with one attached hydrogen (secondary N) is 2. The van der Waals surface area contributed by atoms with Gasteiger partial charge in [-0.25, -0.2) is 4.79 Å². The molecule has 0 fully saturated rings. The minimum absolute atomic E-state index is 0.0924. The second-order valence-corrected chi connectivity index (χ2v) is 2.56. The van der Waals surface area contributed by atoms with Crippen LogP contribution in [0.2, 0.25) is 0 Å². The first kappa shape index (κ1) is 9.24. The predicted octanol–water partition coefficient (Wildman–Crippen LogP) is -1.52. The van der Waals surface area contributed by atoms with Crippen molar-refractivity contribution < 1.29 is 4.79 Å². The molecule has 1 rings (SSSR count). The van der Waals surface area contributed by atoms with Gasteiger partial charge in [0.25, 0.3) is 5.56 Å². The fourth-order valence-electron chi connectivity index (χ4n) is 0.881. The highest BCUT2D eigenvalue weighted by Gasteiger charge is 2.01. The largest absolute Gasteiger partial charge is 0.370 e. The third-order valence-corrected chi connectivity index (χ3v) is 1.54. The van der Waals surface area contributed by atoms with Crippen LogP contribution in [-0.4, -0.2) is 15.9 Å². The number of carbonyl (C=O) groups excluding carboxylic acids is 1. The summed E-state index contributed by atoms with van der Waals surface area (Å²) < 4.78 is 0. The molecule has 0 aliphatic carbocycles. The maximum atomic E-state index is 11.0. The number of aromatic amines is 2. The molecule has 0 aliphatic heterocycles. The van der Waals surface area contributed by atoms with Crippen molar-refractivity contribution in [3.05, 3.63) is 32.6 Å². The lowest BCUT2D eigenvalue weighted by atomic mass is 10.2. The Balaban J connectivity index is 2.84. The lowest BCUT2D eigenvalue weighted by Crippen LogP contribution is -2.25. The molecule has 0 saturated heterocycles. The van der Waals surface area contributed by atoms with Crippen LogP contribution in [0.5, 0.6) is 0 Å². The zero-order valence-electron chi connectivity index (χ0n) is 6.79. The quantitative estimate of drug-likeness (QED) is 0.529. The van der Waals surface area contributed by atoms with Crippen LogP contribution in [0.3, 0.4) is 0 Å². The van der Waals surface area contributed by atoms with Crippen LogP contribution >= 0.6 is 0 Å². The SMILES string of the molecule is NC(=O)CCc1c[nH]c(=O)[nH]c1=O. The average Bonchev–Trinajstić information content (AvgIpc) is 2.02. The van der Waals surface area contributed by atoms with Crippen molar-refractivity contribution in [1.82, 2.24) is 9.97 Å². The summed E-state index contributed by atoms with van der Waals surface area (Å²) in [6.45, 7) is 0. The Kier molecular flexibility index (Phi) is 2.63. The van der Waals surface area contributed by atoms with Crippen LogP contribution < -0.4 is 17.0 Å². The van der Waals surface area contributed by atoms with Gasteiger partial charge in [-0.3, -0.25) is 14.6 Å². The van der Waals surface area contributed by atoms with Crippen LogP contribution in [0.4, 0.5) is 0 Å². The number of carbonyl (C=O) groups is 1. The first-order valence-corrected chi connectivity index (χ1v) is 3.69. The van der Waals surface area contributed by atoms with E-state index in [-0.39, 0.29) is 12.8 Å². The lowest BCUT2D eigenvalue weighted by Gasteiger charge is -1.95. The summed E-state index contributed by atoms with van der Waals surface area (Å²) >= 11 is 0. The Hall–Kier alpha value is -1.85. The first-order chi connectivity index (χ1) is 6.09. The van der Waals surface area contributed by atoms with E-state index < -0.39 is 17.2 Å². The Morgan fingerprint density at radius 1 is 1.46 bits per heavy atom. The molecule has 0 unspecified atom stereocenters. The van der Waals surface area contributed by atoms with Crippen molar-refractivity contribution in [3.63, 3.8) is 0 Å². The average molecular weight is 183 g/mol. The second kappa shape index (κ2) is 3.70. The van der Waals surface area contributed by atoms with E-state index in [1.165, 1.54) is 6.20 Å². The molecule has 0 aromatic carbocycles. The van der Waals surface area contributed by atoms with E-state index in [0.717, 1.165) is 0 Å². The molecule has 4 N–H and O–H groups in total. The number of aryl methyl sites for hydroxylation is 1. The molecule has 1 amide bonds. The Morgan fingerprint density at radius 3 is 2.69 bits per heavy atom. The number of hydrogen-bond donors (Lipinski definition) is 3. The summed E-state index contributed by atoms with van der Waals surface area (Å²) in [5.41, 5.74) is 4.20. The highest BCUT2D eigenvalue weighted by molar-refractivity contribution is 5.73. The van der Waals surface area contributed by atoms with Gasteiger partial charge < -0.3 is 10.7 Å². The maximum absolute atomic E-state index is 11.0. The Bertz CT molecular complexity index is 417. The van der Waals surface area contributed by atoms with Crippen molar-refractivity contribution in [2.24, 2.45) is 5.73 Å². The van der Waals surface area contributed by atoms with Crippen LogP contribution in [0.15, 0.2) is 15.8 Å². The number of hydrogen-bond acceptors (Lipinski definition) is 3. The molecule has 6 heteroatoms. The number of nitrogens with two attached hydrogens (primary N) is 1. The van der Waals surface area contributed by atoms with Crippen molar-refractivity contribution in [3.8, 4) is 0 Å². The van der Waals surface area contributed by atoms with Crippen molar-refractivity contribution in [2.75, 3.05) is 0 Å². The van der Waals surface area contributed by atoms with E-state index in [2.05, 4.69) is 4.98 Å². The fraction of sp³-hybridized carbons (Fsp3) is 0.286. The van der Waals surface area contributed by atoms with E-state index in [1.54, 1.807) is 0 Å². The molecular weight excluding hydrogens is 174 g/mol. The predicted molar refractivity (Wildman–Crippen MR) is 45.2 cm³/mol. The molecule has 0 radical (unpaired) electrons. The van der Waals surface area contributed by atoms with E-state index >= 15 is 0 Å². The molecule has 13 heavy (non-hydrogen) atoms. The normalized spacial score (nSPS) is 9.85. The summed E-state index contributed by atoms with van der Waals surface area (Å²) in [6.07, 6.45) is 1.61. The fourth-order valence-corrected chi connectivity index (χ4v) is 0.881. The van der Waals surface area contributed by atoms with E-state index in [4.69, 9.17) is 5.73 Å². The minimum atomic E-state index is -0.562. The molecule has 0 spiro atoms. The molecule has 0 atom stereocenters. The second-order valence-electron chi connectivity index (χ2n) is 2.56. The highest BCUT2D eigenvalue weighted by atomic mass is 16.2. The van der Waals surface area contributed by atoms with Gasteiger partial charge >= 0.3 is 5.69 Å². The topological polar surface area (TPSA) is 109 Å². The molecule has 70 valence electrons. The van der Waals surface area contributed by atoms with Crippen molar-refractivity contribution in [1.29, 1.82) is 0 Å². The van der Waals surface area contributed by atoms with Gasteiger partial charge in [0.1, 0.15) is 0 Å². The molecule has 0 aliphatic rings. The molecule has 0 bridgehead atoms. The van der Waals surface area contributed by atoms with Gasteiger partial charge in [0.05, 0.1) is 0 Å². The van der Waals surface area contributed by atoms with Crippen LogP contribution in [0.1, 0.15) is 12.0 Å². The zero-order valence-corrected chi connectivity index (χ0v) is 6.79. The van der Waals surface area contributed by atoms with E-state index in [9.17, 15) is 14.4 Å². The van der Waals surface area contributed by atoms with E-state index in [0.29, 0.717) is 5.56 Å². The summed E-state index contributed by atoms with van der Waals surface area (Å²) in [5, 5.41) is 0. The smallest absolute Gasteiger partial charge is 0.325 e. The van der Waals surface area contributed by atoms with Gasteiger partial charge in [-0.1, -0.05) is 0 Å². The van der Waals surface area contributed by atoms with Crippen LogP contribution in [0, 0.1) is 0 Å². The number of H-pyrrole nitrogens is 2. The molecule has 1 aromatic rings. The maximum Gasteiger partial charge on any atom is 0.325 e. The van der Waals surface area contributed by atoms with Gasteiger partial charge in [0.15, 0.2) is 0 Å². The zero-order chi connectivity index (χ0) is 9.84. The minimum Gasteiger partial charge on any atom is -0.370 e.